The zero-order valence-corrected chi connectivity index (χ0v) is 13.3. The first-order valence-corrected chi connectivity index (χ1v) is 6.76. The molecule has 0 radical (unpaired) electrons. The van der Waals surface area contributed by atoms with Gasteiger partial charge in [-0.1, -0.05) is 34.5 Å². The number of carbonyl (C=O) groups excluding carboxylic acids is 1. The molecule has 0 aliphatic rings. The third kappa shape index (κ3) is 6.05. The molecule has 18 heavy (non-hydrogen) atoms. The van der Waals surface area contributed by atoms with Crippen molar-refractivity contribution in [2.24, 2.45) is 0 Å². The first-order chi connectivity index (χ1) is 8.15. The van der Waals surface area contributed by atoms with E-state index >= 15 is 0 Å². The van der Waals surface area contributed by atoms with Crippen molar-refractivity contribution in [1.29, 1.82) is 0 Å². The Morgan fingerprint density at radius 1 is 1.33 bits per heavy atom. The maximum atomic E-state index is 11.8. The molecule has 6 heteroatoms. The van der Waals surface area contributed by atoms with Gasteiger partial charge in [-0.15, -0.1) is 12.4 Å². The third-order valence-electron chi connectivity index (χ3n) is 2.19. The highest BCUT2D eigenvalue weighted by atomic mass is 79.9. The quantitative estimate of drug-likeness (QED) is 0.769. The van der Waals surface area contributed by atoms with Gasteiger partial charge in [0.15, 0.2) is 0 Å². The fraction of sp³-hybridized carbons (Fsp3) is 0.417. The molecule has 0 aromatic heterocycles. The summed E-state index contributed by atoms with van der Waals surface area (Å²) in [4.78, 5) is 11.8. The monoisotopic (exact) mass is 354 g/mol. The van der Waals surface area contributed by atoms with E-state index in [1.54, 1.807) is 12.1 Å². The van der Waals surface area contributed by atoms with Crippen LogP contribution in [0.2, 0.25) is 5.02 Å². The first kappa shape index (κ1) is 17.7. The van der Waals surface area contributed by atoms with E-state index in [4.69, 9.17) is 11.6 Å². The molecule has 0 unspecified atom stereocenters. The summed E-state index contributed by atoms with van der Waals surface area (Å²) in [5.41, 5.74) is 0.497. The number of hydrogen-bond acceptors (Lipinski definition) is 2. The van der Waals surface area contributed by atoms with E-state index in [9.17, 15) is 4.79 Å². The summed E-state index contributed by atoms with van der Waals surface area (Å²) in [6.45, 7) is 4.44. The molecule has 2 N–H and O–H groups in total. The summed E-state index contributed by atoms with van der Waals surface area (Å²) >= 11 is 9.27. The van der Waals surface area contributed by atoms with Gasteiger partial charge in [-0.3, -0.25) is 4.79 Å². The molecule has 0 aliphatic heterocycles. The normalized spacial score (nSPS) is 9.72. The first-order valence-electron chi connectivity index (χ1n) is 5.59. The van der Waals surface area contributed by atoms with Crippen LogP contribution in [0.4, 0.5) is 0 Å². The Morgan fingerprint density at radius 2 is 2.06 bits per heavy atom. The van der Waals surface area contributed by atoms with Gasteiger partial charge in [0.25, 0.3) is 5.91 Å². The molecule has 0 heterocycles. The Labute approximate surface area is 127 Å². The van der Waals surface area contributed by atoms with Gasteiger partial charge < -0.3 is 10.6 Å². The molecule has 0 aliphatic carbocycles. The molecule has 1 aromatic carbocycles. The van der Waals surface area contributed by atoms with Crippen molar-refractivity contribution < 1.29 is 4.79 Å². The highest BCUT2D eigenvalue weighted by molar-refractivity contribution is 9.10. The second-order valence-corrected chi connectivity index (χ2v) is 4.95. The maximum absolute atomic E-state index is 11.8. The van der Waals surface area contributed by atoms with E-state index in [1.165, 1.54) is 0 Å². The second-order valence-electron chi connectivity index (χ2n) is 3.63. The van der Waals surface area contributed by atoms with E-state index in [0.717, 1.165) is 24.0 Å². The molecule has 0 atom stereocenters. The number of carbonyl (C=O) groups is 1. The maximum Gasteiger partial charge on any atom is 0.252 e. The Morgan fingerprint density at radius 3 is 2.72 bits per heavy atom. The molecule has 1 rings (SSSR count). The smallest absolute Gasteiger partial charge is 0.252 e. The van der Waals surface area contributed by atoms with Gasteiger partial charge in [0.1, 0.15) is 0 Å². The van der Waals surface area contributed by atoms with Crippen LogP contribution in [0, 0.1) is 0 Å². The molecule has 3 nitrogen and oxygen atoms in total. The van der Waals surface area contributed by atoms with Crippen LogP contribution in [0.25, 0.3) is 0 Å². The summed E-state index contributed by atoms with van der Waals surface area (Å²) in [6.07, 6.45) is 1.09. The molecule has 1 amide bonds. The number of hydrogen-bond donors (Lipinski definition) is 2. The minimum Gasteiger partial charge on any atom is -0.351 e. The molecule has 0 fully saturated rings. The van der Waals surface area contributed by atoms with Crippen molar-refractivity contribution in [3.05, 3.63) is 33.3 Å². The molecule has 0 saturated heterocycles. The van der Waals surface area contributed by atoms with Gasteiger partial charge in [-0.25, -0.2) is 0 Å². The lowest BCUT2D eigenvalue weighted by Gasteiger charge is -2.07. The minimum atomic E-state index is -0.144. The van der Waals surface area contributed by atoms with Crippen LogP contribution < -0.4 is 10.6 Å². The lowest BCUT2D eigenvalue weighted by atomic mass is 10.2. The van der Waals surface area contributed by atoms with Gasteiger partial charge in [-0.2, -0.15) is 0 Å². The van der Waals surface area contributed by atoms with Crippen LogP contribution in [-0.4, -0.2) is 25.5 Å². The Hall–Kier alpha value is -0.290. The van der Waals surface area contributed by atoms with Gasteiger partial charge >= 0.3 is 0 Å². The topological polar surface area (TPSA) is 41.1 Å². The third-order valence-corrected chi connectivity index (χ3v) is 3.01. The van der Waals surface area contributed by atoms with E-state index in [0.29, 0.717) is 17.1 Å². The van der Waals surface area contributed by atoms with E-state index in [1.807, 2.05) is 6.07 Å². The lowest BCUT2D eigenvalue weighted by Crippen LogP contribution is -2.32. The number of amides is 1. The zero-order valence-electron chi connectivity index (χ0n) is 10.1. The van der Waals surface area contributed by atoms with Crippen molar-refractivity contribution in [2.75, 3.05) is 19.6 Å². The molecule has 1 aromatic rings. The predicted octanol–water partition coefficient (Wildman–Crippen LogP) is 3.25. The largest absolute Gasteiger partial charge is 0.351 e. The Kier molecular flexibility index (Phi) is 9.46. The van der Waals surface area contributed by atoms with Gasteiger partial charge in [-0.05, 0) is 31.2 Å². The van der Waals surface area contributed by atoms with Gasteiger partial charge in [0.05, 0.1) is 10.6 Å². The van der Waals surface area contributed by atoms with Crippen LogP contribution in [0.5, 0.6) is 0 Å². The average molecular weight is 356 g/mol. The number of halogens is 3. The molecule has 0 bridgehead atoms. The SMILES string of the molecule is CCCNCCNC(=O)c1cc(Br)ccc1Cl.Cl. The van der Waals surface area contributed by atoms with Gasteiger partial charge in [0.2, 0.25) is 0 Å². The number of benzene rings is 1. The van der Waals surface area contributed by atoms with Crippen molar-refractivity contribution in [2.45, 2.75) is 13.3 Å². The fourth-order valence-corrected chi connectivity index (χ4v) is 1.90. The van der Waals surface area contributed by atoms with Crippen LogP contribution in [0.15, 0.2) is 22.7 Å². The van der Waals surface area contributed by atoms with Crippen LogP contribution in [-0.2, 0) is 0 Å². The lowest BCUT2D eigenvalue weighted by molar-refractivity contribution is 0.0954. The minimum absolute atomic E-state index is 0. The fourth-order valence-electron chi connectivity index (χ4n) is 1.33. The Balaban J connectivity index is 0.00000289. The van der Waals surface area contributed by atoms with E-state index in [2.05, 4.69) is 33.5 Å². The predicted molar refractivity (Wildman–Crippen MR) is 81.9 cm³/mol. The molecule has 0 spiro atoms. The molecular formula is C12H17BrCl2N2O. The van der Waals surface area contributed by atoms with E-state index < -0.39 is 0 Å². The summed E-state index contributed by atoms with van der Waals surface area (Å²) in [6, 6.07) is 5.23. The van der Waals surface area contributed by atoms with Crippen LogP contribution >= 0.6 is 39.9 Å². The Bertz CT molecular complexity index is 388. The second kappa shape index (κ2) is 9.62. The van der Waals surface area contributed by atoms with Gasteiger partial charge in [0, 0.05) is 17.6 Å². The van der Waals surface area contributed by atoms with Crippen molar-refractivity contribution >= 4 is 45.8 Å². The number of nitrogens with one attached hydrogen (secondary N) is 2. The van der Waals surface area contributed by atoms with Crippen molar-refractivity contribution in [1.82, 2.24) is 10.6 Å². The highest BCUT2D eigenvalue weighted by Gasteiger charge is 2.09. The van der Waals surface area contributed by atoms with Crippen molar-refractivity contribution in [3.8, 4) is 0 Å². The van der Waals surface area contributed by atoms with Crippen LogP contribution in [0.3, 0.4) is 0 Å². The van der Waals surface area contributed by atoms with Crippen molar-refractivity contribution in [3.63, 3.8) is 0 Å². The number of rotatable bonds is 6. The molecule has 102 valence electrons. The average Bonchev–Trinajstić information content (AvgIpc) is 2.32. The summed E-state index contributed by atoms with van der Waals surface area (Å²) < 4.78 is 0.844. The standard InChI is InChI=1S/C12H16BrClN2O.ClH/c1-2-5-15-6-7-16-12(17)10-8-9(13)3-4-11(10)14;/h3-4,8,15H,2,5-7H2,1H3,(H,16,17);1H. The van der Waals surface area contributed by atoms with Crippen LogP contribution in [0.1, 0.15) is 23.7 Å². The summed E-state index contributed by atoms with van der Waals surface area (Å²) in [5, 5.41) is 6.50. The van der Waals surface area contributed by atoms with E-state index in [-0.39, 0.29) is 18.3 Å². The zero-order chi connectivity index (χ0) is 12.7. The molecule has 0 saturated carbocycles. The molecular weight excluding hydrogens is 339 g/mol. The summed E-state index contributed by atoms with van der Waals surface area (Å²) in [5.74, 6) is -0.144. The summed E-state index contributed by atoms with van der Waals surface area (Å²) in [7, 11) is 0. The highest BCUT2D eigenvalue weighted by Crippen LogP contribution is 2.20.